The summed E-state index contributed by atoms with van der Waals surface area (Å²) in [5, 5.41) is 0. The molecule has 39 heavy (non-hydrogen) atoms. The van der Waals surface area contributed by atoms with Gasteiger partial charge in [0.1, 0.15) is 6.10 Å². The number of ether oxygens (including phenoxy) is 3. The maximum absolute atomic E-state index is 14.7. The molecule has 4 nitrogen and oxygen atoms in total. The summed E-state index contributed by atoms with van der Waals surface area (Å²) in [5.74, 6) is 0.508. The Morgan fingerprint density at radius 3 is 2.21 bits per heavy atom. The van der Waals surface area contributed by atoms with Crippen molar-refractivity contribution in [1.82, 2.24) is 0 Å². The Hall–Kier alpha value is -2.66. The predicted molar refractivity (Wildman–Crippen MR) is 154 cm³/mol. The molecule has 0 spiro atoms. The fraction of sp³-hybridized carbons (Fsp3) is 0.559. The van der Waals surface area contributed by atoms with Crippen LogP contribution in [0.25, 0.3) is 11.1 Å². The highest BCUT2D eigenvalue weighted by atomic mass is 19.1. The Labute approximate surface area is 233 Å². The third-order valence-corrected chi connectivity index (χ3v) is 8.28. The van der Waals surface area contributed by atoms with E-state index in [9.17, 15) is 9.18 Å². The van der Waals surface area contributed by atoms with Crippen LogP contribution in [0.5, 0.6) is 5.75 Å². The van der Waals surface area contributed by atoms with E-state index in [-0.39, 0.29) is 23.8 Å². The molecule has 0 unspecified atom stereocenters. The molecule has 2 aliphatic rings. The smallest absolute Gasteiger partial charge is 0.309 e. The van der Waals surface area contributed by atoms with Crippen LogP contribution in [-0.4, -0.2) is 31.9 Å². The lowest BCUT2D eigenvalue weighted by atomic mass is 9.82. The van der Waals surface area contributed by atoms with Crippen LogP contribution in [0.1, 0.15) is 95.5 Å². The van der Waals surface area contributed by atoms with E-state index in [1.54, 1.807) is 12.1 Å². The van der Waals surface area contributed by atoms with Gasteiger partial charge < -0.3 is 14.2 Å². The minimum atomic E-state index is -0.320. The molecule has 0 atom stereocenters. The van der Waals surface area contributed by atoms with Gasteiger partial charge in [-0.2, -0.15) is 0 Å². The highest BCUT2D eigenvalue weighted by molar-refractivity contribution is 5.73. The molecule has 0 N–H and O–H groups in total. The van der Waals surface area contributed by atoms with Crippen LogP contribution in [0.2, 0.25) is 0 Å². The van der Waals surface area contributed by atoms with Crippen molar-refractivity contribution in [1.29, 1.82) is 0 Å². The van der Waals surface area contributed by atoms with Gasteiger partial charge in [-0.05, 0) is 112 Å². The number of unbranched alkanes of at least 4 members (excludes halogenated alkanes) is 3. The van der Waals surface area contributed by atoms with E-state index < -0.39 is 0 Å². The molecule has 212 valence electrons. The highest BCUT2D eigenvalue weighted by Gasteiger charge is 2.29. The Bertz CT molecular complexity index is 1050. The Morgan fingerprint density at radius 1 is 0.872 bits per heavy atom. The summed E-state index contributed by atoms with van der Waals surface area (Å²) in [5.41, 5.74) is 4.41. The van der Waals surface area contributed by atoms with E-state index in [1.807, 2.05) is 13.0 Å². The molecule has 2 saturated carbocycles. The zero-order chi connectivity index (χ0) is 27.5. The first-order valence-corrected chi connectivity index (χ1v) is 15.0. The van der Waals surface area contributed by atoms with E-state index in [2.05, 4.69) is 30.8 Å². The molecule has 4 rings (SSSR count). The summed E-state index contributed by atoms with van der Waals surface area (Å²) in [4.78, 5) is 12.6. The van der Waals surface area contributed by atoms with Gasteiger partial charge in [0, 0.05) is 13.2 Å². The number of hydrogen-bond acceptors (Lipinski definition) is 4. The van der Waals surface area contributed by atoms with E-state index >= 15 is 0 Å². The number of rotatable bonds is 13. The fourth-order valence-corrected chi connectivity index (χ4v) is 5.77. The van der Waals surface area contributed by atoms with Crippen molar-refractivity contribution in [3.8, 4) is 16.9 Å². The lowest BCUT2D eigenvalue weighted by Crippen LogP contribution is -2.28. The maximum Gasteiger partial charge on any atom is 0.309 e. The van der Waals surface area contributed by atoms with Crippen molar-refractivity contribution in [3.05, 3.63) is 66.0 Å². The molecule has 2 fully saturated rings. The summed E-state index contributed by atoms with van der Waals surface area (Å²) >= 11 is 0. The van der Waals surface area contributed by atoms with Crippen LogP contribution in [0.3, 0.4) is 0 Å². The minimum Gasteiger partial charge on any atom is -0.491 e. The first-order chi connectivity index (χ1) is 19.0. The molecule has 0 aliphatic heterocycles. The minimum absolute atomic E-state index is 0.00713. The summed E-state index contributed by atoms with van der Waals surface area (Å²) in [6.07, 6.45) is 11.7. The van der Waals surface area contributed by atoms with E-state index in [0.717, 1.165) is 101 Å². The quantitative estimate of drug-likeness (QED) is 0.146. The second-order valence-electron chi connectivity index (χ2n) is 11.2. The first kappa shape index (κ1) is 29.3. The van der Waals surface area contributed by atoms with Gasteiger partial charge in [-0.3, -0.25) is 4.79 Å². The molecule has 0 heterocycles. The number of carbonyl (C=O) groups excluding carboxylic acids is 1. The number of hydrogen-bond donors (Lipinski definition) is 0. The van der Waals surface area contributed by atoms with Crippen LogP contribution < -0.4 is 4.74 Å². The monoisotopic (exact) mass is 536 g/mol. The molecule has 2 aromatic rings. The van der Waals surface area contributed by atoms with Crippen molar-refractivity contribution >= 4 is 5.97 Å². The normalized spacial score (nSPS) is 20.1. The Balaban J connectivity index is 1.20. The van der Waals surface area contributed by atoms with Gasteiger partial charge in [-0.1, -0.05) is 48.9 Å². The van der Waals surface area contributed by atoms with Crippen molar-refractivity contribution < 1.29 is 23.4 Å². The van der Waals surface area contributed by atoms with Crippen molar-refractivity contribution in [2.45, 2.75) is 96.0 Å². The molecule has 0 bridgehead atoms. The highest BCUT2D eigenvalue weighted by Crippen LogP contribution is 2.36. The molecule has 0 aromatic heterocycles. The molecule has 2 aliphatic carbocycles. The number of benzene rings is 2. The third kappa shape index (κ3) is 8.93. The van der Waals surface area contributed by atoms with E-state index in [4.69, 9.17) is 14.2 Å². The summed E-state index contributed by atoms with van der Waals surface area (Å²) in [7, 11) is 0. The number of allylic oxidation sites excluding steroid dienone is 1. The fourth-order valence-electron chi connectivity index (χ4n) is 5.77. The molecule has 0 saturated heterocycles. The number of halogens is 1. The van der Waals surface area contributed by atoms with Gasteiger partial charge in [-0.15, -0.1) is 0 Å². The van der Waals surface area contributed by atoms with Crippen LogP contribution in [0.4, 0.5) is 4.39 Å². The summed E-state index contributed by atoms with van der Waals surface area (Å²) in [6, 6.07) is 13.7. The van der Waals surface area contributed by atoms with Gasteiger partial charge in [0.25, 0.3) is 0 Å². The van der Waals surface area contributed by atoms with Crippen LogP contribution in [-0.2, 0) is 14.3 Å². The lowest BCUT2D eigenvalue weighted by Gasteiger charge is -2.30. The van der Waals surface area contributed by atoms with Gasteiger partial charge in [0.2, 0.25) is 0 Å². The molecular weight excluding hydrogens is 491 g/mol. The zero-order valence-electron chi connectivity index (χ0n) is 23.6. The number of esters is 1. The second kappa shape index (κ2) is 15.2. The Kier molecular flexibility index (Phi) is 11.4. The van der Waals surface area contributed by atoms with Crippen molar-refractivity contribution in [2.24, 2.45) is 5.92 Å². The van der Waals surface area contributed by atoms with E-state index in [0.29, 0.717) is 18.3 Å². The van der Waals surface area contributed by atoms with Crippen molar-refractivity contribution in [2.75, 3.05) is 19.8 Å². The Morgan fingerprint density at radius 2 is 1.54 bits per heavy atom. The molecule has 0 radical (unpaired) electrons. The maximum atomic E-state index is 14.7. The topological polar surface area (TPSA) is 44.8 Å². The van der Waals surface area contributed by atoms with Crippen molar-refractivity contribution in [3.63, 3.8) is 0 Å². The van der Waals surface area contributed by atoms with Gasteiger partial charge in [0.15, 0.2) is 11.6 Å². The van der Waals surface area contributed by atoms with Crippen LogP contribution >= 0.6 is 0 Å². The average Bonchev–Trinajstić information content (AvgIpc) is 2.96. The average molecular weight is 537 g/mol. The largest absolute Gasteiger partial charge is 0.491 e. The van der Waals surface area contributed by atoms with Crippen LogP contribution in [0, 0.1) is 11.7 Å². The molecule has 2 aromatic carbocycles. The summed E-state index contributed by atoms with van der Waals surface area (Å²) < 4.78 is 31.6. The third-order valence-electron chi connectivity index (χ3n) is 8.28. The zero-order valence-corrected chi connectivity index (χ0v) is 23.6. The van der Waals surface area contributed by atoms with Crippen LogP contribution in [0.15, 0.2) is 54.6 Å². The molecular formula is C34H45FO4. The predicted octanol–water partition coefficient (Wildman–Crippen LogP) is 8.78. The standard InChI is InChI=1S/C34H45FO4/c1-3-37-22-6-4-5-7-23-38-33-21-18-30(24-32(33)35)28-14-12-26(13-15-28)27-16-19-31(20-17-27)39-34(36)29-10-8-25(2)9-11-29/h12-15,18,21,24,27,29,31H,2-11,16-17,19-20,22-23H2,1H3. The van der Waals surface area contributed by atoms with E-state index in [1.165, 1.54) is 11.1 Å². The van der Waals surface area contributed by atoms with Gasteiger partial charge in [-0.25, -0.2) is 4.39 Å². The lowest BCUT2D eigenvalue weighted by molar-refractivity contribution is -0.156. The summed E-state index contributed by atoms with van der Waals surface area (Å²) in [6.45, 7) is 8.15. The first-order valence-electron chi connectivity index (χ1n) is 15.0. The second-order valence-corrected chi connectivity index (χ2v) is 11.2. The van der Waals surface area contributed by atoms with Gasteiger partial charge in [0.05, 0.1) is 12.5 Å². The molecule has 5 heteroatoms. The number of carbonyl (C=O) groups is 1. The van der Waals surface area contributed by atoms with Gasteiger partial charge >= 0.3 is 5.97 Å². The molecule has 0 amide bonds. The SMILES string of the molecule is C=C1CCC(C(=O)OC2CCC(c3ccc(-c4ccc(OCCCCCCOCC)c(F)c4)cc3)CC2)CC1.